The van der Waals surface area contributed by atoms with Gasteiger partial charge in [-0.3, -0.25) is 4.90 Å². The number of nitrogens with one attached hydrogen (secondary N) is 1. The second-order valence-corrected chi connectivity index (χ2v) is 9.21. The van der Waals surface area contributed by atoms with E-state index < -0.39 is 9.84 Å². The fraction of sp³-hybridized carbons (Fsp3) is 1.00. The number of sulfone groups is 1. The second-order valence-electron chi connectivity index (χ2n) is 7.03. The Hall–Kier alpha value is -0.130. The Morgan fingerprint density at radius 1 is 1.11 bits per heavy atom. The van der Waals surface area contributed by atoms with E-state index in [1.54, 1.807) is 0 Å². The van der Waals surface area contributed by atoms with Crippen LogP contribution in [-0.4, -0.2) is 55.5 Å². The molecule has 1 saturated carbocycles. The first-order valence-electron chi connectivity index (χ1n) is 7.64. The van der Waals surface area contributed by atoms with Gasteiger partial charge < -0.3 is 5.32 Å². The molecule has 0 aromatic heterocycles. The fourth-order valence-electron chi connectivity index (χ4n) is 4.21. The molecule has 4 nitrogen and oxygen atoms in total. The van der Waals surface area contributed by atoms with E-state index in [4.69, 9.17) is 0 Å². The monoisotopic (exact) mass is 286 g/mol. The van der Waals surface area contributed by atoms with Gasteiger partial charge in [-0.2, -0.15) is 0 Å². The summed E-state index contributed by atoms with van der Waals surface area (Å²) < 4.78 is 23.7. The summed E-state index contributed by atoms with van der Waals surface area (Å²) in [5, 5.41) is 3.76. The topological polar surface area (TPSA) is 49.4 Å². The molecule has 2 aliphatic heterocycles. The smallest absolute Gasteiger partial charge is 0.152 e. The third-order valence-corrected chi connectivity index (χ3v) is 7.29. The second kappa shape index (κ2) is 4.71. The van der Waals surface area contributed by atoms with Crippen LogP contribution < -0.4 is 5.32 Å². The predicted molar refractivity (Wildman–Crippen MR) is 77.1 cm³/mol. The molecule has 0 aromatic carbocycles. The van der Waals surface area contributed by atoms with Gasteiger partial charge in [0.15, 0.2) is 9.84 Å². The largest absolute Gasteiger partial charge is 0.310 e. The van der Waals surface area contributed by atoms with Crippen LogP contribution in [-0.2, 0) is 9.84 Å². The first-order valence-corrected chi connectivity index (χ1v) is 9.46. The maximum atomic E-state index is 11.8. The zero-order valence-electron chi connectivity index (χ0n) is 12.0. The van der Waals surface area contributed by atoms with Crippen LogP contribution in [0.25, 0.3) is 0 Å². The minimum absolute atomic E-state index is 0.125. The molecule has 110 valence electrons. The van der Waals surface area contributed by atoms with Crippen LogP contribution in [0.5, 0.6) is 0 Å². The number of hydrogen-bond acceptors (Lipinski definition) is 4. The average molecular weight is 286 g/mol. The molecular formula is C14H26N2O2S. The highest BCUT2D eigenvalue weighted by Gasteiger charge is 2.46. The van der Waals surface area contributed by atoms with Crippen LogP contribution in [0.15, 0.2) is 0 Å². The minimum Gasteiger partial charge on any atom is -0.310 e. The van der Waals surface area contributed by atoms with E-state index in [1.165, 1.54) is 25.7 Å². The molecule has 1 N–H and O–H groups in total. The van der Waals surface area contributed by atoms with E-state index in [-0.39, 0.29) is 11.1 Å². The highest BCUT2D eigenvalue weighted by Crippen LogP contribution is 2.36. The molecule has 3 aliphatic rings. The zero-order chi connectivity index (χ0) is 13.6. The fourth-order valence-corrected chi connectivity index (χ4v) is 6.38. The van der Waals surface area contributed by atoms with Crippen molar-refractivity contribution in [3.63, 3.8) is 0 Å². The van der Waals surface area contributed by atoms with Crippen LogP contribution in [0.2, 0.25) is 0 Å². The molecule has 1 unspecified atom stereocenters. The van der Waals surface area contributed by atoms with Gasteiger partial charge in [-0.1, -0.05) is 12.8 Å². The summed E-state index contributed by atoms with van der Waals surface area (Å²) in [4.78, 5) is 2.49. The first-order chi connectivity index (χ1) is 8.93. The van der Waals surface area contributed by atoms with Crippen molar-refractivity contribution in [2.75, 3.05) is 31.1 Å². The van der Waals surface area contributed by atoms with Crippen molar-refractivity contribution in [2.45, 2.75) is 56.5 Å². The van der Waals surface area contributed by atoms with Crippen molar-refractivity contribution < 1.29 is 8.42 Å². The molecule has 3 fully saturated rings. The zero-order valence-corrected chi connectivity index (χ0v) is 12.8. The van der Waals surface area contributed by atoms with Gasteiger partial charge in [0.2, 0.25) is 0 Å². The van der Waals surface area contributed by atoms with Crippen molar-refractivity contribution in [1.29, 1.82) is 0 Å². The Morgan fingerprint density at radius 2 is 1.84 bits per heavy atom. The van der Waals surface area contributed by atoms with Crippen molar-refractivity contribution in [1.82, 2.24) is 10.2 Å². The Bertz CT molecular complexity index is 442. The Morgan fingerprint density at radius 3 is 2.47 bits per heavy atom. The summed E-state index contributed by atoms with van der Waals surface area (Å²) in [5.74, 6) is 0.733. The summed E-state index contributed by atoms with van der Waals surface area (Å²) in [6.45, 7) is 5.32. The lowest BCUT2D eigenvalue weighted by Gasteiger charge is -2.41. The van der Waals surface area contributed by atoms with Gasteiger partial charge in [-0.15, -0.1) is 0 Å². The lowest BCUT2D eigenvalue weighted by atomic mass is 9.92. The molecule has 1 aliphatic carbocycles. The van der Waals surface area contributed by atoms with Gasteiger partial charge in [0.25, 0.3) is 0 Å². The van der Waals surface area contributed by atoms with Gasteiger partial charge in [0, 0.05) is 17.6 Å². The third-order valence-electron chi connectivity index (χ3n) is 5.40. The van der Waals surface area contributed by atoms with Crippen molar-refractivity contribution >= 4 is 9.84 Å². The van der Waals surface area contributed by atoms with Gasteiger partial charge in [-0.05, 0) is 45.7 Å². The summed E-state index contributed by atoms with van der Waals surface area (Å²) in [5.41, 5.74) is 0.145. The Kier molecular flexibility index (Phi) is 3.43. The molecule has 0 amide bonds. The number of rotatable bonds is 1. The summed E-state index contributed by atoms with van der Waals surface area (Å²) in [7, 11) is -2.81. The van der Waals surface area contributed by atoms with Gasteiger partial charge >= 0.3 is 0 Å². The number of hydrogen-bond donors (Lipinski definition) is 1. The lowest BCUT2D eigenvalue weighted by Crippen LogP contribution is -2.56. The Labute approximate surface area is 116 Å². The molecular weight excluding hydrogens is 260 g/mol. The average Bonchev–Trinajstić information content (AvgIpc) is 2.81. The maximum Gasteiger partial charge on any atom is 0.152 e. The van der Waals surface area contributed by atoms with Crippen LogP contribution in [0.1, 0.15) is 45.4 Å². The molecule has 0 bridgehead atoms. The highest BCUT2D eigenvalue weighted by atomic mass is 32.2. The van der Waals surface area contributed by atoms with Gasteiger partial charge in [0.1, 0.15) is 0 Å². The molecule has 1 atom stereocenters. The normalized spacial score (nSPS) is 38.6. The van der Waals surface area contributed by atoms with Crippen LogP contribution >= 0.6 is 0 Å². The van der Waals surface area contributed by atoms with Crippen LogP contribution in [0.4, 0.5) is 0 Å². The highest BCUT2D eigenvalue weighted by molar-refractivity contribution is 7.91. The summed E-state index contributed by atoms with van der Waals surface area (Å²) >= 11 is 0. The van der Waals surface area contributed by atoms with Gasteiger partial charge in [0.05, 0.1) is 11.5 Å². The third kappa shape index (κ3) is 2.69. The molecule has 5 heteroatoms. The molecule has 0 radical (unpaired) electrons. The lowest BCUT2D eigenvalue weighted by molar-refractivity contribution is 0.0990. The summed E-state index contributed by atoms with van der Waals surface area (Å²) in [6, 6.07) is 0. The maximum absolute atomic E-state index is 11.8. The molecule has 0 aromatic rings. The molecule has 2 saturated heterocycles. The summed E-state index contributed by atoms with van der Waals surface area (Å²) in [6.07, 6.45) is 7.09. The quantitative estimate of drug-likeness (QED) is 0.786. The first kappa shape index (κ1) is 13.8. The van der Waals surface area contributed by atoms with E-state index in [9.17, 15) is 8.42 Å². The van der Waals surface area contributed by atoms with E-state index in [0.717, 1.165) is 32.5 Å². The SMILES string of the molecule is CC1(N2CCCNC3(CCCC3)C2)CCS(=O)(=O)C1. The minimum atomic E-state index is -2.81. The molecule has 2 heterocycles. The molecule has 19 heavy (non-hydrogen) atoms. The van der Waals surface area contributed by atoms with Crippen LogP contribution in [0.3, 0.4) is 0 Å². The van der Waals surface area contributed by atoms with E-state index in [0.29, 0.717) is 11.5 Å². The van der Waals surface area contributed by atoms with Crippen molar-refractivity contribution in [2.24, 2.45) is 0 Å². The molecule has 1 spiro atoms. The van der Waals surface area contributed by atoms with E-state index in [2.05, 4.69) is 17.1 Å². The van der Waals surface area contributed by atoms with Crippen molar-refractivity contribution in [3.05, 3.63) is 0 Å². The standard InChI is InChI=1S/C14H26N2O2S/c1-13(7-10-19(17,18)12-13)16-9-4-8-15-14(11-16)5-2-3-6-14/h15H,2-12H2,1H3. The van der Waals surface area contributed by atoms with E-state index in [1.807, 2.05) is 0 Å². The van der Waals surface area contributed by atoms with Gasteiger partial charge in [-0.25, -0.2) is 8.42 Å². The van der Waals surface area contributed by atoms with E-state index >= 15 is 0 Å². The van der Waals surface area contributed by atoms with Crippen LogP contribution in [0, 0.1) is 0 Å². The Balaban J connectivity index is 1.79. The van der Waals surface area contributed by atoms with Crippen molar-refractivity contribution in [3.8, 4) is 0 Å². The molecule has 3 rings (SSSR count). The predicted octanol–water partition coefficient (Wildman–Crippen LogP) is 1.17. The number of nitrogens with zero attached hydrogens (tertiary/aromatic N) is 1.